The summed E-state index contributed by atoms with van der Waals surface area (Å²) in [6, 6.07) is 0. The van der Waals surface area contributed by atoms with E-state index >= 15 is 0 Å². The molecule has 1 saturated heterocycles. The van der Waals surface area contributed by atoms with Crippen LogP contribution < -0.4 is 5.32 Å². The number of carbonyl (C=O) groups is 2. The molecule has 1 unspecified atom stereocenters. The van der Waals surface area contributed by atoms with Crippen molar-refractivity contribution in [2.24, 2.45) is 5.92 Å². The molecule has 116 valence electrons. The molecule has 0 spiro atoms. The van der Waals surface area contributed by atoms with Crippen LogP contribution in [0.5, 0.6) is 0 Å². The largest absolute Gasteiger partial charge is 0.513 e. The van der Waals surface area contributed by atoms with Crippen LogP contribution in [0.3, 0.4) is 0 Å². The number of quaternary nitrogens is 1. The van der Waals surface area contributed by atoms with E-state index in [2.05, 4.69) is 0 Å². The molecule has 0 aromatic rings. The van der Waals surface area contributed by atoms with Gasteiger partial charge < -0.3 is 10.4 Å². The quantitative estimate of drug-likeness (QED) is 0.766. The summed E-state index contributed by atoms with van der Waals surface area (Å²) in [6.07, 6.45) is -5.41. The van der Waals surface area contributed by atoms with Crippen LogP contribution in [0.15, 0.2) is 0 Å². The third-order valence-corrected chi connectivity index (χ3v) is 3.95. The maximum atomic E-state index is 12.1. The van der Waals surface area contributed by atoms with Gasteiger partial charge in [0.15, 0.2) is 0 Å². The highest BCUT2D eigenvalue weighted by Crippen LogP contribution is 2.34. The number of hydrogen-bond donors (Lipinski definition) is 2. The van der Waals surface area contributed by atoms with Crippen LogP contribution in [0.4, 0.5) is 18.0 Å². The number of carboxylic acid groups (broad SMARTS) is 1. The smallest absolute Gasteiger partial charge is 0.435 e. The first kappa shape index (κ1) is 16.7. The number of nitrogens with zero attached hydrogens (tertiary/aromatic N) is 1. The lowest BCUT2D eigenvalue weighted by Gasteiger charge is -2.40. The molecule has 0 aromatic heterocycles. The molecule has 5 nitrogen and oxygen atoms in total. The zero-order valence-electron chi connectivity index (χ0n) is 11.8. The minimum absolute atomic E-state index is 0.151. The van der Waals surface area contributed by atoms with E-state index in [0.29, 0.717) is 13.0 Å². The average Bonchev–Trinajstić information content (AvgIpc) is 2.69. The third kappa shape index (κ3) is 3.23. The zero-order valence-corrected chi connectivity index (χ0v) is 11.8. The van der Waals surface area contributed by atoms with Crippen molar-refractivity contribution in [3.8, 4) is 0 Å². The van der Waals surface area contributed by atoms with Gasteiger partial charge in [0.1, 0.15) is 5.54 Å². The molecule has 0 saturated carbocycles. The lowest BCUT2D eigenvalue weighted by molar-refractivity contribution is -0.893. The maximum absolute atomic E-state index is 12.1. The highest BCUT2D eigenvalue weighted by atomic mass is 19.4. The Balaban J connectivity index is 2.67. The minimum atomic E-state index is -4.90. The van der Waals surface area contributed by atoms with E-state index in [9.17, 15) is 27.9 Å². The SMILES string of the molecule is CC(C)(C)[N+]1(C(=O)O)CC[C@@H](CNC(=O)C(F)(F)F)C1. The summed E-state index contributed by atoms with van der Waals surface area (Å²) < 4.78 is 36.1. The van der Waals surface area contributed by atoms with Gasteiger partial charge in [-0.1, -0.05) is 0 Å². The number of likely N-dealkylation sites (tertiary alicyclic amines) is 1. The second-order valence-corrected chi connectivity index (χ2v) is 6.19. The standard InChI is InChI=1S/C12H19F3N2O3/c1-11(2,3)17(10(19)20)5-4-8(7-17)6-16-9(18)12(13,14)15/h8H,4-7H2,1-3H3,(H-,16,18,19,20)/p+1/t8-,17?/m0/s1. The van der Waals surface area contributed by atoms with Gasteiger partial charge in [-0.15, -0.1) is 0 Å². The third-order valence-electron chi connectivity index (χ3n) is 3.95. The van der Waals surface area contributed by atoms with Crippen LogP contribution in [-0.4, -0.2) is 52.9 Å². The molecule has 8 heteroatoms. The molecule has 20 heavy (non-hydrogen) atoms. The number of halogens is 3. The van der Waals surface area contributed by atoms with Crippen LogP contribution in [0.2, 0.25) is 0 Å². The number of nitrogens with one attached hydrogen (secondary N) is 1. The van der Waals surface area contributed by atoms with Crippen molar-refractivity contribution in [1.82, 2.24) is 5.32 Å². The maximum Gasteiger partial charge on any atom is 0.513 e. The summed E-state index contributed by atoms with van der Waals surface area (Å²) in [6.45, 7) is 5.79. The Morgan fingerprint density at radius 3 is 2.20 bits per heavy atom. The number of carbonyl (C=O) groups excluding carboxylic acids is 1. The molecule has 1 rings (SSSR count). The minimum Gasteiger partial charge on any atom is -0.435 e. The molecule has 2 amide bonds. The van der Waals surface area contributed by atoms with Crippen LogP contribution in [0.1, 0.15) is 27.2 Å². The Labute approximate surface area is 115 Å². The first-order chi connectivity index (χ1) is 8.90. The molecule has 0 aromatic carbocycles. The van der Waals surface area contributed by atoms with Gasteiger partial charge in [0.25, 0.3) is 0 Å². The average molecular weight is 297 g/mol. The number of amides is 2. The molecule has 2 N–H and O–H groups in total. The van der Waals surface area contributed by atoms with E-state index in [1.54, 1.807) is 20.8 Å². The van der Waals surface area contributed by atoms with Crippen molar-refractivity contribution in [2.45, 2.75) is 38.9 Å². The van der Waals surface area contributed by atoms with E-state index in [4.69, 9.17) is 0 Å². The van der Waals surface area contributed by atoms with Crippen LogP contribution in [0, 0.1) is 5.92 Å². The topological polar surface area (TPSA) is 66.4 Å². The highest BCUT2D eigenvalue weighted by Gasteiger charge is 2.53. The van der Waals surface area contributed by atoms with Crippen molar-refractivity contribution in [2.75, 3.05) is 19.6 Å². The van der Waals surface area contributed by atoms with Gasteiger partial charge in [-0.05, 0) is 20.8 Å². The molecule has 1 fully saturated rings. The van der Waals surface area contributed by atoms with Gasteiger partial charge in [-0.25, -0.2) is 4.48 Å². The fourth-order valence-corrected chi connectivity index (χ4v) is 2.60. The molecule has 0 radical (unpaired) electrons. The molecule has 0 aliphatic carbocycles. The Morgan fingerprint density at radius 1 is 1.30 bits per heavy atom. The van der Waals surface area contributed by atoms with Crippen molar-refractivity contribution >= 4 is 12.0 Å². The Hall–Kier alpha value is -1.31. The predicted molar refractivity (Wildman–Crippen MR) is 64.9 cm³/mol. The van der Waals surface area contributed by atoms with Gasteiger partial charge in [0.05, 0.1) is 13.1 Å². The van der Waals surface area contributed by atoms with Gasteiger partial charge in [0.2, 0.25) is 0 Å². The summed E-state index contributed by atoms with van der Waals surface area (Å²) in [5.74, 6) is -2.25. The predicted octanol–water partition coefficient (Wildman–Crippen LogP) is 1.98. The van der Waals surface area contributed by atoms with E-state index in [-0.39, 0.29) is 23.5 Å². The van der Waals surface area contributed by atoms with Gasteiger partial charge in [-0.3, -0.25) is 4.79 Å². The second kappa shape index (κ2) is 5.23. The van der Waals surface area contributed by atoms with Crippen molar-refractivity contribution in [3.05, 3.63) is 0 Å². The summed E-state index contributed by atoms with van der Waals surface area (Å²) in [5, 5.41) is 11.3. The van der Waals surface area contributed by atoms with E-state index in [0.717, 1.165) is 0 Å². The molecule has 1 heterocycles. The Kier molecular flexibility index (Phi) is 4.38. The summed E-state index contributed by atoms with van der Waals surface area (Å²) >= 11 is 0. The monoisotopic (exact) mass is 297 g/mol. The fourth-order valence-electron chi connectivity index (χ4n) is 2.60. The first-order valence-corrected chi connectivity index (χ1v) is 6.36. The van der Waals surface area contributed by atoms with E-state index in [1.807, 2.05) is 5.32 Å². The highest BCUT2D eigenvalue weighted by molar-refractivity contribution is 5.81. The fraction of sp³-hybridized carbons (Fsp3) is 0.833. The number of rotatable bonds is 2. The molecule has 1 aliphatic rings. The van der Waals surface area contributed by atoms with Gasteiger partial charge >= 0.3 is 18.2 Å². The summed E-state index contributed by atoms with van der Waals surface area (Å²) in [5.41, 5.74) is -0.547. The first-order valence-electron chi connectivity index (χ1n) is 6.36. The molecule has 0 bridgehead atoms. The van der Waals surface area contributed by atoms with Crippen LogP contribution >= 0.6 is 0 Å². The zero-order chi connectivity index (χ0) is 15.8. The Bertz CT molecular complexity index is 404. The molecular weight excluding hydrogens is 277 g/mol. The Morgan fingerprint density at radius 2 is 1.85 bits per heavy atom. The van der Waals surface area contributed by atoms with Crippen molar-refractivity contribution < 1.29 is 32.3 Å². The summed E-state index contributed by atoms with van der Waals surface area (Å²) in [4.78, 5) is 22.3. The summed E-state index contributed by atoms with van der Waals surface area (Å²) in [7, 11) is 0. The van der Waals surface area contributed by atoms with Crippen molar-refractivity contribution in [1.29, 1.82) is 0 Å². The second-order valence-electron chi connectivity index (χ2n) is 6.19. The van der Waals surface area contributed by atoms with E-state index < -0.39 is 23.7 Å². The lowest BCUT2D eigenvalue weighted by atomic mass is 10.0. The molecular formula is C12H20F3N2O3+. The van der Waals surface area contributed by atoms with E-state index in [1.165, 1.54) is 0 Å². The number of alkyl halides is 3. The van der Waals surface area contributed by atoms with Crippen molar-refractivity contribution in [3.63, 3.8) is 0 Å². The van der Waals surface area contributed by atoms with Crippen LogP contribution in [0.25, 0.3) is 0 Å². The van der Waals surface area contributed by atoms with Gasteiger partial charge in [0, 0.05) is 18.9 Å². The number of hydrogen-bond acceptors (Lipinski definition) is 2. The molecule has 2 atom stereocenters. The van der Waals surface area contributed by atoms with Crippen LogP contribution in [-0.2, 0) is 4.79 Å². The normalized spacial score (nSPS) is 27.4. The van der Waals surface area contributed by atoms with Gasteiger partial charge in [-0.2, -0.15) is 18.0 Å². The lowest BCUT2D eigenvalue weighted by Crippen LogP contribution is -2.62. The molecule has 1 aliphatic heterocycles.